The maximum Gasteiger partial charge on any atom is 0.423 e. The Hall–Kier alpha value is -2.23. The van der Waals surface area contributed by atoms with E-state index in [1.807, 2.05) is 0 Å². The molecule has 0 amide bonds. The number of hydrogen-bond donors (Lipinski definition) is 2. The lowest BCUT2D eigenvalue weighted by Crippen LogP contribution is -2.24. The summed E-state index contributed by atoms with van der Waals surface area (Å²) < 4.78 is 37.9. The second kappa shape index (κ2) is 5.61. The van der Waals surface area contributed by atoms with Gasteiger partial charge in [0.1, 0.15) is 5.56 Å². The standard InChI is InChI=1S/C9H7F3N4O2S/c10-9(11,12)6-3-1-2-5(7(6)16(17)18)4-14-15-8(13)19/h1-4H,(H3,13,15,19). The zero-order valence-electron chi connectivity index (χ0n) is 9.14. The number of thiocarbonyl (C=S) groups is 1. The Bertz CT molecular complexity index is 545. The lowest BCUT2D eigenvalue weighted by molar-refractivity contribution is -0.388. The molecule has 0 heterocycles. The summed E-state index contributed by atoms with van der Waals surface area (Å²) in [5, 5.41) is 13.9. The molecule has 0 fully saturated rings. The number of hydrogen-bond acceptors (Lipinski definition) is 4. The van der Waals surface area contributed by atoms with Crippen molar-refractivity contribution in [2.45, 2.75) is 6.18 Å². The van der Waals surface area contributed by atoms with Crippen LogP contribution < -0.4 is 11.2 Å². The third-order valence-electron chi connectivity index (χ3n) is 1.93. The van der Waals surface area contributed by atoms with E-state index in [9.17, 15) is 23.3 Å². The summed E-state index contributed by atoms with van der Waals surface area (Å²) in [5.74, 6) is 0. The van der Waals surface area contributed by atoms with Crippen molar-refractivity contribution < 1.29 is 18.1 Å². The molecule has 1 aromatic carbocycles. The SMILES string of the molecule is NC(=S)NN=Cc1cccc(C(F)(F)F)c1[N+](=O)[O-]. The molecule has 6 nitrogen and oxygen atoms in total. The highest BCUT2D eigenvalue weighted by molar-refractivity contribution is 7.80. The maximum atomic E-state index is 12.6. The molecule has 0 atom stereocenters. The van der Waals surface area contributed by atoms with Crippen molar-refractivity contribution in [2.24, 2.45) is 10.8 Å². The van der Waals surface area contributed by atoms with Crippen molar-refractivity contribution in [1.82, 2.24) is 5.43 Å². The number of hydrazone groups is 1. The molecule has 3 N–H and O–H groups in total. The van der Waals surface area contributed by atoms with Crippen LogP contribution in [0.2, 0.25) is 0 Å². The van der Waals surface area contributed by atoms with Crippen LogP contribution in [0.1, 0.15) is 11.1 Å². The van der Waals surface area contributed by atoms with E-state index in [0.717, 1.165) is 18.3 Å². The first-order valence-corrected chi connectivity index (χ1v) is 5.07. The van der Waals surface area contributed by atoms with Crippen LogP contribution in [0.4, 0.5) is 18.9 Å². The number of halogens is 3. The van der Waals surface area contributed by atoms with Gasteiger partial charge in [0, 0.05) is 0 Å². The van der Waals surface area contributed by atoms with Gasteiger partial charge in [0.2, 0.25) is 0 Å². The van der Waals surface area contributed by atoms with Crippen molar-refractivity contribution in [3.63, 3.8) is 0 Å². The largest absolute Gasteiger partial charge is 0.423 e. The zero-order valence-corrected chi connectivity index (χ0v) is 9.96. The molecular formula is C9H7F3N4O2S. The lowest BCUT2D eigenvalue weighted by Gasteiger charge is -2.08. The topological polar surface area (TPSA) is 93.5 Å². The Kier molecular flexibility index (Phi) is 4.38. The summed E-state index contributed by atoms with van der Waals surface area (Å²) in [4.78, 5) is 9.64. The molecule has 0 aliphatic carbocycles. The molecule has 1 rings (SSSR count). The summed E-state index contributed by atoms with van der Waals surface area (Å²) in [6, 6.07) is 2.78. The molecule has 0 saturated heterocycles. The minimum atomic E-state index is -4.83. The quantitative estimate of drug-likeness (QED) is 0.383. The fourth-order valence-corrected chi connectivity index (χ4v) is 1.32. The van der Waals surface area contributed by atoms with Gasteiger partial charge in [-0.1, -0.05) is 6.07 Å². The smallest absolute Gasteiger partial charge is 0.375 e. The fraction of sp³-hybridized carbons (Fsp3) is 0.111. The van der Waals surface area contributed by atoms with Gasteiger partial charge in [-0.05, 0) is 24.4 Å². The molecule has 0 aromatic heterocycles. The van der Waals surface area contributed by atoms with Gasteiger partial charge in [-0.25, -0.2) is 0 Å². The molecule has 1 aromatic rings. The second-order valence-electron chi connectivity index (χ2n) is 3.23. The van der Waals surface area contributed by atoms with Gasteiger partial charge >= 0.3 is 6.18 Å². The van der Waals surface area contributed by atoms with Crippen LogP contribution in [0, 0.1) is 10.1 Å². The van der Waals surface area contributed by atoms with E-state index in [-0.39, 0.29) is 10.7 Å². The number of nitro groups is 1. The van der Waals surface area contributed by atoms with E-state index in [1.54, 1.807) is 0 Å². The first kappa shape index (κ1) is 14.8. The summed E-state index contributed by atoms with van der Waals surface area (Å²) in [6.45, 7) is 0. The van der Waals surface area contributed by atoms with Crippen LogP contribution in [0.3, 0.4) is 0 Å². The van der Waals surface area contributed by atoms with E-state index in [0.29, 0.717) is 6.07 Å². The minimum absolute atomic E-state index is 0.217. The fourth-order valence-electron chi connectivity index (χ4n) is 1.26. The summed E-state index contributed by atoms with van der Waals surface area (Å²) in [6.07, 6.45) is -3.99. The highest BCUT2D eigenvalue weighted by atomic mass is 32.1. The van der Waals surface area contributed by atoms with Crippen molar-refractivity contribution in [2.75, 3.05) is 0 Å². The first-order valence-electron chi connectivity index (χ1n) is 4.66. The molecule has 0 aliphatic rings. The highest BCUT2D eigenvalue weighted by Gasteiger charge is 2.39. The van der Waals surface area contributed by atoms with Gasteiger partial charge < -0.3 is 5.73 Å². The summed E-state index contributed by atoms with van der Waals surface area (Å²) in [7, 11) is 0. The van der Waals surface area contributed by atoms with Crippen LogP contribution >= 0.6 is 12.2 Å². The number of nitrogens with one attached hydrogen (secondary N) is 1. The zero-order chi connectivity index (χ0) is 14.6. The predicted octanol–water partition coefficient (Wildman–Crippen LogP) is 1.78. The molecule has 0 bridgehead atoms. The lowest BCUT2D eigenvalue weighted by atomic mass is 10.1. The Balaban J connectivity index is 3.29. The molecule has 10 heteroatoms. The molecule has 0 saturated carbocycles. The predicted molar refractivity (Wildman–Crippen MR) is 65.6 cm³/mol. The van der Waals surface area contributed by atoms with Crippen molar-refractivity contribution >= 4 is 29.2 Å². The number of nitrogens with zero attached hydrogens (tertiary/aromatic N) is 2. The number of benzene rings is 1. The van der Waals surface area contributed by atoms with Gasteiger partial charge in [0.05, 0.1) is 16.7 Å². The number of para-hydroxylation sites is 1. The Morgan fingerprint density at radius 2 is 2.16 bits per heavy atom. The normalized spacial score (nSPS) is 11.5. The Morgan fingerprint density at radius 3 is 2.63 bits per heavy atom. The van der Waals surface area contributed by atoms with Crippen LogP contribution in [-0.4, -0.2) is 16.3 Å². The molecular weight excluding hydrogens is 285 g/mol. The van der Waals surface area contributed by atoms with E-state index < -0.39 is 22.4 Å². The molecule has 0 unspecified atom stereocenters. The monoisotopic (exact) mass is 292 g/mol. The van der Waals surface area contributed by atoms with E-state index in [2.05, 4.69) is 22.7 Å². The van der Waals surface area contributed by atoms with Gasteiger partial charge in [0.15, 0.2) is 5.11 Å². The Morgan fingerprint density at radius 1 is 1.53 bits per heavy atom. The van der Waals surface area contributed by atoms with Crippen molar-refractivity contribution in [3.8, 4) is 0 Å². The summed E-state index contributed by atoms with van der Waals surface area (Å²) >= 11 is 4.42. The molecule has 0 aliphatic heterocycles. The molecule has 0 spiro atoms. The van der Waals surface area contributed by atoms with Gasteiger partial charge in [0.25, 0.3) is 5.69 Å². The van der Waals surface area contributed by atoms with E-state index >= 15 is 0 Å². The van der Waals surface area contributed by atoms with E-state index in [4.69, 9.17) is 5.73 Å². The molecule has 102 valence electrons. The average Bonchev–Trinajstić information content (AvgIpc) is 2.26. The van der Waals surface area contributed by atoms with Crippen molar-refractivity contribution in [1.29, 1.82) is 0 Å². The minimum Gasteiger partial charge on any atom is -0.375 e. The number of rotatable bonds is 3. The molecule has 19 heavy (non-hydrogen) atoms. The van der Waals surface area contributed by atoms with Gasteiger partial charge in [-0.15, -0.1) is 0 Å². The second-order valence-corrected chi connectivity index (χ2v) is 3.67. The highest BCUT2D eigenvalue weighted by Crippen LogP contribution is 2.37. The van der Waals surface area contributed by atoms with Crippen LogP contribution in [0.15, 0.2) is 23.3 Å². The van der Waals surface area contributed by atoms with Crippen LogP contribution in [0.5, 0.6) is 0 Å². The molecule has 0 radical (unpaired) electrons. The van der Waals surface area contributed by atoms with Gasteiger partial charge in [-0.2, -0.15) is 18.3 Å². The average molecular weight is 292 g/mol. The number of nitrogens with two attached hydrogens (primary N) is 1. The number of alkyl halides is 3. The first-order chi connectivity index (χ1) is 8.73. The maximum absolute atomic E-state index is 12.6. The Labute approximate surface area is 110 Å². The van der Waals surface area contributed by atoms with Crippen LogP contribution in [0.25, 0.3) is 0 Å². The van der Waals surface area contributed by atoms with Crippen LogP contribution in [-0.2, 0) is 6.18 Å². The summed E-state index contributed by atoms with van der Waals surface area (Å²) in [5.41, 5.74) is 4.39. The van der Waals surface area contributed by atoms with Gasteiger partial charge in [-0.3, -0.25) is 15.5 Å². The third-order valence-corrected chi connectivity index (χ3v) is 2.02. The van der Waals surface area contributed by atoms with Crippen molar-refractivity contribution in [3.05, 3.63) is 39.4 Å². The third kappa shape index (κ3) is 3.88. The number of nitro benzene ring substituents is 1. The van der Waals surface area contributed by atoms with E-state index in [1.165, 1.54) is 0 Å².